The van der Waals surface area contributed by atoms with Gasteiger partial charge < -0.3 is 0 Å². The van der Waals surface area contributed by atoms with Crippen LogP contribution in [-0.4, -0.2) is 5.10 Å². The van der Waals surface area contributed by atoms with Crippen molar-refractivity contribution < 1.29 is 4.68 Å². The number of nitrogens with zero attached hydrogens (tertiary/aromatic N) is 1. The molecule has 3 rings (SSSR count). The van der Waals surface area contributed by atoms with E-state index in [4.69, 9.17) is 0 Å². The molecular weight excluding hydrogens is 268 g/mol. The summed E-state index contributed by atoms with van der Waals surface area (Å²) in [5, 5.41) is 3.75. The molecule has 2 heteroatoms. The zero-order valence-corrected chi connectivity index (χ0v) is 15.3. The smallest absolute Gasteiger partial charge is 0.169 e. The van der Waals surface area contributed by atoms with Crippen molar-refractivity contribution in [2.45, 2.75) is 92.0 Å². The normalized spacial score (nSPS) is 27.2. The van der Waals surface area contributed by atoms with Crippen LogP contribution in [0.3, 0.4) is 0 Å². The average Bonchev–Trinajstić information content (AvgIpc) is 2.89. The van der Waals surface area contributed by atoms with Crippen LogP contribution in [-0.2, 0) is 12.8 Å². The van der Waals surface area contributed by atoms with Crippen molar-refractivity contribution in [3.8, 4) is 0 Å². The van der Waals surface area contributed by atoms with E-state index in [1.807, 2.05) is 0 Å². The van der Waals surface area contributed by atoms with Gasteiger partial charge in [0, 0.05) is 18.4 Å². The maximum Gasteiger partial charge on any atom is 0.199 e. The Morgan fingerprint density at radius 1 is 1.18 bits per heavy atom. The molecule has 0 spiro atoms. The number of aryl methyl sites for hydroxylation is 1. The topological polar surface area (TPSA) is 19.7 Å². The number of aromatic nitrogens is 2. The molecule has 1 saturated carbocycles. The molecule has 0 amide bonds. The minimum atomic E-state index is 0.367. The highest BCUT2D eigenvalue weighted by molar-refractivity contribution is 5.22. The maximum atomic E-state index is 3.75. The van der Waals surface area contributed by atoms with Crippen molar-refractivity contribution in [3.05, 3.63) is 17.5 Å². The van der Waals surface area contributed by atoms with Gasteiger partial charge in [0.05, 0.1) is 5.69 Å². The second-order valence-electron chi connectivity index (χ2n) is 9.18. The van der Waals surface area contributed by atoms with E-state index in [0.29, 0.717) is 10.8 Å². The van der Waals surface area contributed by atoms with Crippen molar-refractivity contribution in [3.63, 3.8) is 0 Å². The summed E-state index contributed by atoms with van der Waals surface area (Å²) >= 11 is 0. The molecule has 1 unspecified atom stereocenters. The molecular formula is C20H35N2+. The van der Waals surface area contributed by atoms with Crippen LogP contribution in [0.5, 0.6) is 0 Å². The first-order valence-electron chi connectivity index (χ1n) is 9.45. The molecule has 2 nitrogen and oxygen atoms in total. The third-order valence-corrected chi connectivity index (χ3v) is 6.84. The lowest BCUT2D eigenvalue weighted by Gasteiger charge is -2.50. The second kappa shape index (κ2) is 5.69. The number of fused-ring (bicyclic) bond motifs is 1. The lowest BCUT2D eigenvalue weighted by atomic mass is 9.54. The molecule has 1 atom stereocenters. The Hall–Kier alpha value is -0.790. The molecule has 1 N–H and O–H groups in total. The number of H-pyrrole nitrogens is 1. The van der Waals surface area contributed by atoms with Gasteiger partial charge in [0.15, 0.2) is 12.2 Å². The second-order valence-corrected chi connectivity index (χ2v) is 9.18. The fraction of sp³-hybridized carbons (Fsp3) is 0.850. The summed E-state index contributed by atoms with van der Waals surface area (Å²) in [7, 11) is 0. The summed E-state index contributed by atoms with van der Waals surface area (Å²) < 4.78 is 2.46. The Bertz CT molecular complexity index is 514. The zero-order valence-electron chi connectivity index (χ0n) is 15.3. The molecule has 0 bridgehead atoms. The number of nitrogens with one attached hydrogen (secondary N) is 1. The molecule has 1 fully saturated rings. The van der Waals surface area contributed by atoms with E-state index < -0.39 is 0 Å². The van der Waals surface area contributed by atoms with E-state index in [9.17, 15) is 0 Å². The highest BCUT2D eigenvalue weighted by atomic mass is 15.3. The zero-order chi connectivity index (χ0) is 16.0. The quantitative estimate of drug-likeness (QED) is 0.743. The Labute approximate surface area is 136 Å². The standard InChI is InChI=1S/C20H34N2/c1-15(2)20(19(3,4)5)12-11-18-16(13-20)14-22(21-18)17-9-7-6-8-10-17/h14-15,17H,6-13H2,1-5H3/p+1. The molecule has 1 aromatic rings. The molecule has 22 heavy (non-hydrogen) atoms. The molecule has 124 valence electrons. The van der Waals surface area contributed by atoms with Crippen LogP contribution in [0, 0.1) is 16.7 Å². The number of hydrogen-bond donors (Lipinski definition) is 1. The third kappa shape index (κ3) is 2.63. The molecule has 1 aromatic heterocycles. The van der Waals surface area contributed by atoms with Gasteiger partial charge in [-0.25, -0.2) is 0 Å². The van der Waals surface area contributed by atoms with E-state index in [2.05, 4.69) is 50.6 Å². The fourth-order valence-electron chi connectivity index (χ4n) is 5.21. The summed E-state index contributed by atoms with van der Waals surface area (Å²) in [6, 6.07) is 0.724. The van der Waals surface area contributed by atoms with Crippen molar-refractivity contribution in [1.82, 2.24) is 5.10 Å². The predicted octanol–water partition coefficient (Wildman–Crippen LogP) is 4.98. The van der Waals surface area contributed by atoms with Gasteiger partial charge in [-0.1, -0.05) is 41.0 Å². The van der Waals surface area contributed by atoms with Gasteiger partial charge in [0.2, 0.25) is 0 Å². The van der Waals surface area contributed by atoms with Crippen LogP contribution in [0.1, 0.15) is 90.4 Å². The summed E-state index contributed by atoms with van der Waals surface area (Å²) in [4.78, 5) is 0. The van der Waals surface area contributed by atoms with Gasteiger partial charge in [-0.2, -0.15) is 5.10 Å². The van der Waals surface area contributed by atoms with E-state index in [0.717, 1.165) is 12.0 Å². The van der Waals surface area contributed by atoms with Crippen molar-refractivity contribution >= 4 is 0 Å². The maximum absolute atomic E-state index is 3.75. The third-order valence-electron chi connectivity index (χ3n) is 6.84. The highest BCUT2D eigenvalue weighted by Crippen LogP contribution is 2.52. The van der Waals surface area contributed by atoms with Crippen molar-refractivity contribution in [2.75, 3.05) is 0 Å². The van der Waals surface area contributed by atoms with Crippen LogP contribution in [0.25, 0.3) is 0 Å². The van der Waals surface area contributed by atoms with Gasteiger partial charge in [-0.15, -0.1) is 4.68 Å². The number of aromatic amines is 1. The Balaban J connectivity index is 1.87. The van der Waals surface area contributed by atoms with Crippen LogP contribution < -0.4 is 4.68 Å². The van der Waals surface area contributed by atoms with Gasteiger partial charge >= 0.3 is 0 Å². The largest absolute Gasteiger partial charge is 0.199 e. The lowest BCUT2D eigenvalue weighted by Crippen LogP contribution is -2.44. The molecule has 0 saturated heterocycles. The summed E-state index contributed by atoms with van der Waals surface area (Å²) in [6.07, 6.45) is 13.2. The number of rotatable bonds is 2. The van der Waals surface area contributed by atoms with Crippen molar-refractivity contribution in [1.29, 1.82) is 0 Å². The molecule has 1 heterocycles. The first-order valence-corrected chi connectivity index (χ1v) is 9.45. The number of hydrogen-bond acceptors (Lipinski definition) is 0. The van der Waals surface area contributed by atoms with E-state index in [1.54, 1.807) is 5.56 Å². The summed E-state index contributed by atoms with van der Waals surface area (Å²) in [5.41, 5.74) is 3.92. The Morgan fingerprint density at radius 2 is 1.86 bits per heavy atom. The first-order chi connectivity index (χ1) is 10.3. The highest BCUT2D eigenvalue weighted by Gasteiger charge is 2.47. The van der Waals surface area contributed by atoms with E-state index >= 15 is 0 Å². The van der Waals surface area contributed by atoms with Crippen LogP contribution >= 0.6 is 0 Å². The molecule has 0 radical (unpaired) electrons. The summed E-state index contributed by atoms with van der Waals surface area (Å²) in [5.74, 6) is 0.735. The van der Waals surface area contributed by atoms with Crippen LogP contribution in [0.2, 0.25) is 0 Å². The Morgan fingerprint density at radius 3 is 2.45 bits per heavy atom. The van der Waals surface area contributed by atoms with Crippen LogP contribution in [0.4, 0.5) is 0 Å². The van der Waals surface area contributed by atoms with Crippen molar-refractivity contribution in [2.24, 2.45) is 16.7 Å². The fourth-order valence-corrected chi connectivity index (χ4v) is 5.21. The lowest BCUT2D eigenvalue weighted by molar-refractivity contribution is -0.776. The predicted molar refractivity (Wildman–Crippen MR) is 91.9 cm³/mol. The van der Waals surface area contributed by atoms with E-state index in [-0.39, 0.29) is 0 Å². The first kappa shape index (κ1) is 16.1. The minimum absolute atomic E-state index is 0.367. The SMILES string of the molecule is CC(C)C1(C(C)(C)C)CCc2[nH][n+](C3CCCCC3)cc2C1. The summed E-state index contributed by atoms with van der Waals surface area (Å²) in [6.45, 7) is 12.2. The van der Waals surface area contributed by atoms with Gasteiger partial charge in [0.1, 0.15) is 0 Å². The monoisotopic (exact) mass is 303 g/mol. The molecule has 2 aliphatic rings. The molecule has 2 aliphatic carbocycles. The average molecular weight is 304 g/mol. The van der Waals surface area contributed by atoms with E-state index in [1.165, 1.54) is 57.1 Å². The van der Waals surface area contributed by atoms with Gasteiger partial charge in [-0.05, 0) is 48.9 Å². The molecule has 0 aliphatic heterocycles. The Kier molecular flexibility index (Phi) is 4.16. The van der Waals surface area contributed by atoms with Gasteiger partial charge in [0.25, 0.3) is 0 Å². The minimum Gasteiger partial charge on any atom is -0.169 e. The molecule has 0 aromatic carbocycles. The van der Waals surface area contributed by atoms with Crippen LogP contribution in [0.15, 0.2) is 6.20 Å². The van der Waals surface area contributed by atoms with Gasteiger partial charge in [-0.3, -0.25) is 0 Å².